The summed E-state index contributed by atoms with van der Waals surface area (Å²) in [5.74, 6) is -2.65. The fourth-order valence-electron chi connectivity index (χ4n) is 1.83. The minimum absolute atomic E-state index is 0.275. The van der Waals surface area contributed by atoms with Crippen LogP contribution in [0.3, 0.4) is 0 Å². The number of amides is 1. The molecule has 0 fully saturated rings. The zero-order chi connectivity index (χ0) is 14.7. The van der Waals surface area contributed by atoms with E-state index in [4.69, 9.17) is 5.73 Å². The van der Waals surface area contributed by atoms with Crippen molar-refractivity contribution in [1.82, 2.24) is 0 Å². The van der Waals surface area contributed by atoms with E-state index in [9.17, 15) is 13.6 Å². The second-order valence-corrected chi connectivity index (χ2v) is 4.52. The van der Waals surface area contributed by atoms with E-state index in [1.54, 1.807) is 12.1 Å². The van der Waals surface area contributed by atoms with Crippen molar-refractivity contribution in [1.29, 1.82) is 0 Å². The lowest BCUT2D eigenvalue weighted by molar-refractivity contribution is -0.118. The van der Waals surface area contributed by atoms with Crippen LogP contribution in [0.25, 0.3) is 0 Å². The summed E-state index contributed by atoms with van der Waals surface area (Å²) < 4.78 is 26.2. The Bertz CT molecular complexity index is 626. The van der Waals surface area contributed by atoms with E-state index >= 15 is 0 Å². The normalized spacial score (nSPS) is 11.9. The van der Waals surface area contributed by atoms with Crippen molar-refractivity contribution in [3.63, 3.8) is 0 Å². The summed E-state index contributed by atoms with van der Waals surface area (Å²) in [5.41, 5.74) is 7.33. The Hall–Kier alpha value is -2.43. The van der Waals surface area contributed by atoms with Gasteiger partial charge >= 0.3 is 0 Å². The Morgan fingerprint density at radius 1 is 1.10 bits per heavy atom. The average Bonchev–Trinajstić information content (AvgIpc) is 2.41. The maximum atomic E-state index is 13.2. The van der Waals surface area contributed by atoms with E-state index in [2.05, 4.69) is 5.32 Å². The highest BCUT2D eigenvalue weighted by molar-refractivity contribution is 5.84. The van der Waals surface area contributed by atoms with Crippen LogP contribution in [0.15, 0.2) is 42.5 Å². The fraction of sp³-hybridized carbons (Fsp3) is 0.133. The second-order valence-electron chi connectivity index (χ2n) is 4.52. The van der Waals surface area contributed by atoms with Crippen LogP contribution in [-0.2, 0) is 4.79 Å². The molecule has 0 radical (unpaired) electrons. The quantitative estimate of drug-likeness (QED) is 0.902. The molecule has 0 aliphatic heterocycles. The molecule has 5 heteroatoms. The first-order valence-electron chi connectivity index (χ1n) is 6.05. The smallest absolute Gasteiger partial charge is 0.244 e. The van der Waals surface area contributed by atoms with Gasteiger partial charge in [0.2, 0.25) is 5.91 Å². The lowest BCUT2D eigenvalue weighted by Crippen LogP contribution is -2.27. The summed E-state index contributed by atoms with van der Waals surface area (Å²) >= 11 is 0. The average molecular weight is 276 g/mol. The van der Waals surface area contributed by atoms with E-state index < -0.39 is 23.6 Å². The summed E-state index contributed by atoms with van der Waals surface area (Å²) in [6.45, 7) is 1.94. The Labute approximate surface area is 115 Å². The van der Waals surface area contributed by atoms with Crippen LogP contribution in [0, 0.1) is 18.6 Å². The van der Waals surface area contributed by atoms with Gasteiger partial charge in [0.05, 0.1) is 0 Å². The van der Waals surface area contributed by atoms with Gasteiger partial charge in [-0.2, -0.15) is 0 Å². The molecule has 2 rings (SSSR count). The molecule has 2 aromatic carbocycles. The minimum atomic E-state index is -1.01. The van der Waals surface area contributed by atoms with Crippen LogP contribution in [0.5, 0.6) is 0 Å². The molecule has 0 saturated carbocycles. The molecule has 1 amide bonds. The molecule has 1 unspecified atom stereocenters. The van der Waals surface area contributed by atoms with Crippen LogP contribution in [-0.4, -0.2) is 5.91 Å². The molecule has 0 aliphatic carbocycles. The number of aryl methyl sites for hydroxylation is 1. The van der Waals surface area contributed by atoms with Gasteiger partial charge in [-0.1, -0.05) is 23.8 Å². The number of carbonyl (C=O) groups is 1. The highest BCUT2D eigenvalue weighted by atomic mass is 19.2. The number of hydrogen-bond acceptors (Lipinski definition) is 2. The zero-order valence-corrected chi connectivity index (χ0v) is 10.9. The number of primary amides is 1. The molecule has 1 atom stereocenters. The molecule has 0 heterocycles. The monoisotopic (exact) mass is 276 g/mol. The second kappa shape index (κ2) is 5.69. The summed E-state index contributed by atoms with van der Waals surface area (Å²) in [4.78, 5) is 11.5. The molecule has 0 aliphatic rings. The SMILES string of the molecule is Cc1ccc(NC(C(N)=O)c2ccc(F)c(F)c2)cc1. The van der Waals surface area contributed by atoms with Crippen LogP contribution in [0.1, 0.15) is 17.2 Å². The van der Waals surface area contributed by atoms with Gasteiger partial charge in [0.1, 0.15) is 6.04 Å². The van der Waals surface area contributed by atoms with Gasteiger partial charge in [-0.3, -0.25) is 4.79 Å². The zero-order valence-electron chi connectivity index (χ0n) is 10.9. The molecule has 20 heavy (non-hydrogen) atoms. The van der Waals surface area contributed by atoms with Gasteiger partial charge in [-0.05, 0) is 36.8 Å². The topological polar surface area (TPSA) is 55.1 Å². The van der Waals surface area contributed by atoms with E-state index in [0.29, 0.717) is 5.69 Å². The van der Waals surface area contributed by atoms with Gasteiger partial charge in [0, 0.05) is 5.69 Å². The number of nitrogens with two attached hydrogens (primary N) is 1. The van der Waals surface area contributed by atoms with Crippen molar-refractivity contribution in [3.05, 3.63) is 65.2 Å². The molecule has 0 bridgehead atoms. The Morgan fingerprint density at radius 2 is 1.75 bits per heavy atom. The lowest BCUT2D eigenvalue weighted by Gasteiger charge is -2.17. The van der Waals surface area contributed by atoms with Crippen molar-refractivity contribution in [2.24, 2.45) is 5.73 Å². The molecule has 104 valence electrons. The number of nitrogens with one attached hydrogen (secondary N) is 1. The van der Waals surface area contributed by atoms with E-state index in [1.807, 2.05) is 19.1 Å². The number of anilines is 1. The van der Waals surface area contributed by atoms with Crippen LogP contribution in [0.2, 0.25) is 0 Å². The molecule has 0 aromatic heterocycles. The molecule has 3 nitrogen and oxygen atoms in total. The number of hydrogen-bond donors (Lipinski definition) is 2. The molecular formula is C15H14F2N2O. The van der Waals surface area contributed by atoms with E-state index in [-0.39, 0.29) is 5.56 Å². The predicted octanol–water partition coefficient (Wildman–Crippen LogP) is 2.91. The Kier molecular flexibility index (Phi) is 3.98. The third-order valence-electron chi connectivity index (χ3n) is 2.92. The number of rotatable bonds is 4. The molecular weight excluding hydrogens is 262 g/mol. The minimum Gasteiger partial charge on any atom is -0.370 e. The van der Waals surface area contributed by atoms with Crippen molar-refractivity contribution in [2.75, 3.05) is 5.32 Å². The van der Waals surface area contributed by atoms with E-state index in [1.165, 1.54) is 6.07 Å². The van der Waals surface area contributed by atoms with Gasteiger partial charge in [-0.15, -0.1) is 0 Å². The molecule has 0 saturated heterocycles. The van der Waals surface area contributed by atoms with Crippen molar-refractivity contribution in [2.45, 2.75) is 13.0 Å². The third-order valence-corrected chi connectivity index (χ3v) is 2.92. The molecule has 2 aromatic rings. The summed E-state index contributed by atoms with van der Waals surface area (Å²) in [7, 11) is 0. The Balaban J connectivity index is 2.29. The van der Waals surface area contributed by atoms with Gasteiger partial charge in [0.15, 0.2) is 11.6 Å². The van der Waals surface area contributed by atoms with Crippen molar-refractivity contribution < 1.29 is 13.6 Å². The van der Waals surface area contributed by atoms with Crippen molar-refractivity contribution in [3.8, 4) is 0 Å². The third kappa shape index (κ3) is 3.12. The van der Waals surface area contributed by atoms with Gasteiger partial charge in [-0.25, -0.2) is 8.78 Å². The number of benzene rings is 2. The first-order valence-corrected chi connectivity index (χ1v) is 6.05. The number of carbonyl (C=O) groups excluding carboxylic acids is 1. The first-order chi connectivity index (χ1) is 9.47. The predicted molar refractivity (Wildman–Crippen MR) is 73.1 cm³/mol. The maximum absolute atomic E-state index is 13.2. The van der Waals surface area contributed by atoms with Gasteiger partial charge in [0.25, 0.3) is 0 Å². The van der Waals surface area contributed by atoms with Gasteiger partial charge < -0.3 is 11.1 Å². The molecule has 3 N–H and O–H groups in total. The standard InChI is InChI=1S/C15H14F2N2O/c1-9-2-5-11(6-3-9)19-14(15(18)20)10-4-7-12(16)13(17)8-10/h2-8,14,19H,1H3,(H2,18,20). The van der Waals surface area contributed by atoms with Crippen LogP contribution >= 0.6 is 0 Å². The number of halogens is 2. The maximum Gasteiger partial charge on any atom is 0.244 e. The fourth-order valence-corrected chi connectivity index (χ4v) is 1.83. The summed E-state index contributed by atoms with van der Waals surface area (Å²) in [6, 6.07) is 9.64. The lowest BCUT2D eigenvalue weighted by atomic mass is 10.1. The summed E-state index contributed by atoms with van der Waals surface area (Å²) in [6.07, 6.45) is 0. The summed E-state index contributed by atoms with van der Waals surface area (Å²) in [5, 5.41) is 2.90. The van der Waals surface area contributed by atoms with Crippen molar-refractivity contribution >= 4 is 11.6 Å². The highest BCUT2D eigenvalue weighted by Crippen LogP contribution is 2.21. The largest absolute Gasteiger partial charge is 0.370 e. The highest BCUT2D eigenvalue weighted by Gasteiger charge is 2.19. The van der Waals surface area contributed by atoms with Crippen LogP contribution < -0.4 is 11.1 Å². The Morgan fingerprint density at radius 3 is 2.30 bits per heavy atom. The molecule has 0 spiro atoms. The first kappa shape index (κ1) is 14.0. The van der Waals surface area contributed by atoms with E-state index in [0.717, 1.165) is 17.7 Å². The van der Waals surface area contributed by atoms with Crippen LogP contribution in [0.4, 0.5) is 14.5 Å².